The van der Waals surface area contributed by atoms with Gasteiger partial charge in [-0.2, -0.15) is 0 Å². The summed E-state index contributed by atoms with van der Waals surface area (Å²) in [7, 11) is 4.97. The molecule has 3 aliphatic carbocycles. The maximum absolute atomic E-state index is 13.1. The van der Waals surface area contributed by atoms with Crippen LogP contribution in [0.2, 0.25) is 0 Å². The average Bonchev–Trinajstić information content (AvgIpc) is 1.67. The molecule has 9 atom stereocenters. The number of pyridine rings is 3. The first-order valence-corrected chi connectivity index (χ1v) is 29.9. The van der Waals surface area contributed by atoms with Gasteiger partial charge in [-0.25, -0.2) is 34.3 Å². The number of carbonyl (C=O) groups is 6. The van der Waals surface area contributed by atoms with Crippen LogP contribution < -0.4 is 31.1 Å². The first kappa shape index (κ1) is 62.0. The number of H-pyrrole nitrogens is 3. The largest absolute Gasteiger partial charge is 0.475 e. The number of amides is 5. The third-order valence-electron chi connectivity index (χ3n) is 17.2. The lowest BCUT2D eigenvalue weighted by Crippen LogP contribution is -2.48. The maximum atomic E-state index is 13.1. The number of aromatic carboxylic acids is 1. The van der Waals surface area contributed by atoms with Crippen molar-refractivity contribution in [1.29, 1.82) is 0 Å². The lowest BCUT2D eigenvalue weighted by molar-refractivity contribution is -0.121. The lowest BCUT2D eigenvalue weighted by atomic mass is 10.1. The van der Waals surface area contributed by atoms with Gasteiger partial charge < -0.3 is 21.5 Å². The number of rotatable bonds is 11. The summed E-state index contributed by atoms with van der Waals surface area (Å²) in [5.74, 6) is 1.24. The summed E-state index contributed by atoms with van der Waals surface area (Å²) in [6.07, 6.45) is 8.49. The number of nitrogens with two attached hydrogens (primary N) is 1. The van der Waals surface area contributed by atoms with Crippen LogP contribution in [-0.2, 0) is 33.6 Å². The Labute approximate surface area is 537 Å². The molecule has 3 saturated carbocycles. The van der Waals surface area contributed by atoms with Crippen LogP contribution in [0.15, 0.2) is 128 Å². The van der Waals surface area contributed by atoms with Gasteiger partial charge in [-0.15, -0.1) is 15.3 Å². The Hall–Kier alpha value is -12.2. The zero-order valence-corrected chi connectivity index (χ0v) is 50.7. The SMILES string of the molecule is O=C(O)c1n[nH]c(Cc2ccccc2)n1.[C-]#[N+]c1cnc2c(c1)[C@@H]1CC1[C@H](N)C(=O)N2C.[C-]#[N+]c1cnc2c(c1)[C@@H]1CC1[C@H](NC(=O)c1n[nH]c(Cc3ccccc3)n1)C(=O)N2C.[C-]#[N+]c1cnc2c(c1)[C@@H]1C[C@@H]1[C@H](NC(=O)c1n[nH]c(Cc3ccccc3)n1)C(=O)N2C. The number of fused-ring (bicyclic) bond motifs is 9. The van der Waals surface area contributed by atoms with Crippen molar-refractivity contribution in [2.75, 3.05) is 35.8 Å². The molecule has 470 valence electrons. The smallest absolute Gasteiger partial charge is 0.375 e. The van der Waals surface area contributed by atoms with E-state index in [1.54, 1.807) is 33.3 Å². The van der Waals surface area contributed by atoms with Crippen molar-refractivity contribution < 1.29 is 33.9 Å². The van der Waals surface area contributed by atoms with E-state index in [4.69, 9.17) is 30.6 Å². The molecule has 3 fully saturated rings. The summed E-state index contributed by atoms with van der Waals surface area (Å²) in [4.78, 5) is 114. The molecular formula is C66H59N21O7. The Bertz CT molecular complexity index is 4350. The number of carboxylic acids is 1. The van der Waals surface area contributed by atoms with E-state index in [1.165, 1.54) is 33.3 Å². The van der Waals surface area contributed by atoms with Crippen LogP contribution in [0.4, 0.5) is 34.5 Å². The molecule has 9 heterocycles. The second-order valence-electron chi connectivity index (χ2n) is 23.4. The number of nitrogens with zero attached hydrogens (tertiary/aromatic N) is 15. The Morgan fingerprint density at radius 3 is 1.17 bits per heavy atom. The van der Waals surface area contributed by atoms with Crippen molar-refractivity contribution >= 4 is 70.0 Å². The van der Waals surface area contributed by atoms with Crippen LogP contribution in [0.25, 0.3) is 14.5 Å². The number of aromatic nitrogens is 12. The summed E-state index contributed by atoms with van der Waals surface area (Å²) >= 11 is 0. The van der Waals surface area contributed by atoms with Crippen LogP contribution in [-0.4, -0.2) is 140 Å². The maximum Gasteiger partial charge on any atom is 0.375 e. The normalized spacial score (nSPS) is 21.2. The molecule has 3 aliphatic heterocycles. The Morgan fingerprint density at radius 1 is 0.511 bits per heavy atom. The number of nitrogens with one attached hydrogen (secondary N) is 5. The highest BCUT2D eigenvalue weighted by Gasteiger charge is 2.54. The molecule has 5 amide bonds. The zero-order chi connectivity index (χ0) is 65.9. The van der Waals surface area contributed by atoms with Crippen molar-refractivity contribution in [2.45, 2.75) is 74.4 Å². The molecule has 0 bridgehead atoms. The summed E-state index contributed by atoms with van der Waals surface area (Å²) in [5.41, 5.74) is 13.3. The predicted molar refractivity (Wildman–Crippen MR) is 339 cm³/mol. The second kappa shape index (κ2) is 26.3. The van der Waals surface area contributed by atoms with E-state index >= 15 is 0 Å². The lowest BCUT2D eigenvalue weighted by Gasteiger charge is -2.22. The number of likely N-dealkylation sites (N-methyl/N-ethyl adjacent to an activating group) is 3. The Kier molecular flexibility index (Phi) is 17.4. The molecule has 8 N–H and O–H groups in total. The first-order chi connectivity index (χ1) is 45.5. The molecule has 0 spiro atoms. The van der Waals surface area contributed by atoms with Crippen LogP contribution in [0.1, 0.15) is 120 Å². The van der Waals surface area contributed by atoms with Crippen molar-refractivity contribution in [2.24, 2.45) is 23.5 Å². The highest BCUT2D eigenvalue weighted by Crippen LogP contribution is 2.56. The molecule has 3 aromatic carbocycles. The second-order valence-corrected chi connectivity index (χ2v) is 23.4. The molecule has 94 heavy (non-hydrogen) atoms. The number of benzene rings is 3. The average molecular weight is 1260 g/mol. The number of anilines is 3. The highest BCUT2D eigenvalue weighted by molar-refractivity contribution is 6.04. The fourth-order valence-corrected chi connectivity index (χ4v) is 12.1. The fourth-order valence-electron chi connectivity index (χ4n) is 12.1. The quantitative estimate of drug-likeness (QED) is 0.0673. The van der Waals surface area contributed by atoms with Gasteiger partial charge in [-0.05, 0) is 106 Å². The van der Waals surface area contributed by atoms with Crippen molar-refractivity contribution in [3.05, 3.63) is 230 Å². The Morgan fingerprint density at radius 2 is 0.830 bits per heavy atom. The Balaban J connectivity index is 0.000000126. The summed E-state index contributed by atoms with van der Waals surface area (Å²) in [6, 6.07) is 32.8. The zero-order valence-electron chi connectivity index (χ0n) is 50.7. The van der Waals surface area contributed by atoms with E-state index in [9.17, 15) is 28.8 Å². The third-order valence-corrected chi connectivity index (χ3v) is 17.2. The molecule has 0 saturated heterocycles. The van der Waals surface area contributed by atoms with Crippen molar-refractivity contribution in [1.82, 2.24) is 71.1 Å². The van der Waals surface area contributed by atoms with Gasteiger partial charge in [0.2, 0.25) is 34.6 Å². The summed E-state index contributed by atoms with van der Waals surface area (Å²) < 4.78 is 0. The molecular weight excluding hydrogens is 1200 g/mol. The van der Waals surface area contributed by atoms with Gasteiger partial charge in [0.1, 0.15) is 47.0 Å². The standard InChI is InChI=1S/2C22H19N7O2.C12H12N4O.C10H9N3O2/c2*1-23-13-9-16-14-10-15(14)18(22(31)29(2)20(16)24-11-13)26-21(30)19-25-17(27-28-19)8-12-6-4-3-5-7-12;1-14-6-3-9-7-4-8(7)10(13)12(17)16(2)11(9)15-5-6;14-10(15)9-11-8(12-13-9)6-7-4-2-1-3-5-7/h2*3-7,9,11,14-15,18H,8,10H2,2H3,(H,26,30)(H,25,27,28);3,5,7-8,10H,4,13H2,2H3;1-5H,6H2,(H,14,15)(H,11,12,13)/t14-,15?,18+;14-,15+,18+;7-,8?,10+;/m111./s1. The number of hydrogen-bond donors (Lipinski definition) is 7. The monoisotopic (exact) mass is 1260 g/mol. The van der Waals surface area contributed by atoms with Crippen molar-refractivity contribution in [3.8, 4) is 0 Å². The van der Waals surface area contributed by atoms with Crippen molar-refractivity contribution in [3.63, 3.8) is 0 Å². The van der Waals surface area contributed by atoms with E-state index in [0.29, 0.717) is 77.2 Å². The van der Waals surface area contributed by atoms with E-state index in [-0.39, 0.29) is 64.8 Å². The predicted octanol–water partition coefficient (Wildman–Crippen LogP) is 6.57. The first-order valence-electron chi connectivity index (χ1n) is 29.9. The molecule has 28 heteroatoms. The van der Waals surface area contributed by atoms with Gasteiger partial charge >= 0.3 is 5.97 Å². The van der Waals surface area contributed by atoms with Gasteiger partial charge in [-0.3, -0.25) is 68.9 Å². The van der Waals surface area contributed by atoms with Gasteiger partial charge in [0.15, 0.2) is 0 Å². The van der Waals surface area contributed by atoms with E-state index in [1.807, 2.05) is 97.1 Å². The molecule has 6 aromatic heterocycles. The minimum absolute atomic E-state index is 0.00811. The van der Waals surface area contributed by atoms with Crippen LogP contribution >= 0.6 is 0 Å². The minimum Gasteiger partial charge on any atom is -0.475 e. The van der Waals surface area contributed by atoms with Gasteiger partial charge in [0, 0.05) is 59.0 Å². The molecule has 2 unspecified atom stereocenters. The van der Waals surface area contributed by atoms with Crippen LogP contribution in [0.5, 0.6) is 0 Å². The number of carbonyl (C=O) groups excluding carboxylic acids is 5. The molecule has 0 radical (unpaired) electrons. The van der Waals surface area contributed by atoms with Gasteiger partial charge in [-0.1, -0.05) is 91.0 Å². The van der Waals surface area contributed by atoms with E-state index in [0.717, 1.165) is 52.6 Å². The highest BCUT2D eigenvalue weighted by atomic mass is 16.4. The molecule has 6 aliphatic rings. The number of hydrogen-bond acceptors (Lipinski definition) is 16. The minimum atomic E-state index is -1.12. The molecule has 15 rings (SSSR count). The summed E-state index contributed by atoms with van der Waals surface area (Å²) in [6.45, 7) is 21.4. The third kappa shape index (κ3) is 13.2. The van der Waals surface area contributed by atoms with Gasteiger partial charge in [0.25, 0.3) is 29.5 Å². The molecule has 9 aromatic rings. The molecule has 28 nitrogen and oxygen atoms in total. The topological polar surface area (TPSA) is 359 Å². The fraction of sp³-hybridized carbons (Fsp3) is 0.273. The van der Waals surface area contributed by atoms with E-state index in [2.05, 4.69) is 85.7 Å². The summed E-state index contributed by atoms with van der Waals surface area (Å²) in [5, 5.41) is 34.1. The number of carboxylic acid groups (broad SMARTS) is 1. The van der Waals surface area contributed by atoms with Gasteiger partial charge in [0.05, 0.1) is 25.8 Å². The van der Waals surface area contributed by atoms with Crippen LogP contribution in [0, 0.1) is 37.5 Å². The van der Waals surface area contributed by atoms with E-state index < -0.39 is 35.9 Å². The van der Waals surface area contributed by atoms with Crippen LogP contribution in [0.3, 0.4) is 0 Å². The number of aromatic amines is 3.